The van der Waals surface area contributed by atoms with Gasteiger partial charge in [-0.1, -0.05) is 19.1 Å². The van der Waals surface area contributed by atoms with Gasteiger partial charge in [-0.3, -0.25) is 5.84 Å². The van der Waals surface area contributed by atoms with Crippen LogP contribution in [-0.4, -0.2) is 27.2 Å². The molecule has 1 fully saturated rings. The lowest BCUT2D eigenvalue weighted by molar-refractivity contribution is -0.109. The first-order chi connectivity index (χ1) is 9.85. The average molecular weight is 360 g/mol. The Kier molecular flexibility index (Phi) is 5.07. The first-order valence-corrected chi connectivity index (χ1v) is 8.30. The van der Waals surface area contributed by atoms with Gasteiger partial charge in [0.1, 0.15) is 0 Å². The minimum Gasteiger partial charge on any atom is -0.373 e. The highest BCUT2D eigenvalue weighted by Crippen LogP contribution is 2.48. The van der Waals surface area contributed by atoms with Crippen molar-refractivity contribution in [3.63, 3.8) is 0 Å². The van der Waals surface area contributed by atoms with Crippen LogP contribution in [0.25, 0.3) is 0 Å². The van der Waals surface area contributed by atoms with Gasteiger partial charge in [0.05, 0.1) is 17.3 Å². The zero-order valence-corrected chi connectivity index (χ0v) is 14.9. The van der Waals surface area contributed by atoms with Crippen LogP contribution in [0.5, 0.6) is 0 Å². The van der Waals surface area contributed by atoms with Gasteiger partial charge in [0.15, 0.2) is 4.60 Å². The van der Waals surface area contributed by atoms with Crippen LogP contribution < -0.4 is 11.3 Å². The average Bonchev–Trinajstić information content (AvgIpc) is 2.75. The zero-order valence-electron chi connectivity index (χ0n) is 13.3. The molecule has 1 aromatic heterocycles. The third-order valence-electron chi connectivity index (χ3n) is 4.67. The molecule has 6 nitrogen and oxygen atoms in total. The second-order valence-electron chi connectivity index (χ2n) is 6.65. The highest BCUT2D eigenvalue weighted by molar-refractivity contribution is 9.10. The Morgan fingerprint density at radius 3 is 2.43 bits per heavy atom. The van der Waals surface area contributed by atoms with Crippen LogP contribution in [0.3, 0.4) is 0 Å². The van der Waals surface area contributed by atoms with E-state index in [0.717, 1.165) is 36.0 Å². The Bertz CT molecular complexity index is 458. The zero-order chi connectivity index (χ0) is 15.7. The van der Waals surface area contributed by atoms with Crippen LogP contribution in [0, 0.1) is 5.41 Å². The lowest BCUT2D eigenvalue weighted by Gasteiger charge is -2.47. The number of nitrogens with zero attached hydrogens (tertiary/aromatic N) is 3. The van der Waals surface area contributed by atoms with Gasteiger partial charge in [-0.15, -0.1) is 5.10 Å². The number of hydrogen-bond donors (Lipinski definition) is 2. The van der Waals surface area contributed by atoms with Crippen LogP contribution in [0.2, 0.25) is 0 Å². The maximum atomic E-state index is 6.22. The van der Waals surface area contributed by atoms with Crippen molar-refractivity contribution >= 4 is 15.9 Å². The molecule has 1 aliphatic carbocycles. The molecule has 0 spiro atoms. The molecule has 1 saturated carbocycles. The van der Waals surface area contributed by atoms with Gasteiger partial charge in [-0.2, -0.15) is 0 Å². The first-order valence-electron chi connectivity index (χ1n) is 7.50. The SMILES string of the molecule is CCOC1(C(NN)c2c(Br)nnn2C)CCC(C)(C)CC1. The van der Waals surface area contributed by atoms with E-state index in [9.17, 15) is 0 Å². The number of aromatic nitrogens is 3. The second-order valence-corrected chi connectivity index (χ2v) is 7.40. The Hall–Kier alpha value is -0.500. The fourth-order valence-corrected chi connectivity index (χ4v) is 3.84. The van der Waals surface area contributed by atoms with E-state index >= 15 is 0 Å². The molecule has 0 aliphatic heterocycles. The normalized spacial score (nSPS) is 22.2. The van der Waals surface area contributed by atoms with Gasteiger partial charge in [0.2, 0.25) is 0 Å². The highest BCUT2D eigenvalue weighted by atomic mass is 79.9. The lowest BCUT2D eigenvalue weighted by atomic mass is 9.68. The van der Waals surface area contributed by atoms with Gasteiger partial charge in [0.25, 0.3) is 0 Å². The highest BCUT2D eigenvalue weighted by Gasteiger charge is 2.47. The number of aryl methyl sites for hydroxylation is 1. The number of halogens is 1. The summed E-state index contributed by atoms with van der Waals surface area (Å²) in [6.07, 6.45) is 4.18. The molecule has 7 heteroatoms. The van der Waals surface area contributed by atoms with Crippen molar-refractivity contribution in [1.82, 2.24) is 20.4 Å². The van der Waals surface area contributed by atoms with Crippen molar-refractivity contribution in [2.24, 2.45) is 18.3 Å². The summed E-state index contributed by atoms with van der Waals surface area (Å²) in [4.78, 5) is 0. The summed E-state index contributed by atoms with van der Waals surface area (Å²) in [5.74, 6) is 5.90. The molecule has 1 atom stereocenters. The van der Waals surface area contributed by atoms with E-state index in [4.69, 9.17) is 10.6 Å². The third kappa shape index (κ3) is 3.31. The van der Waals surface area contributed by atoms with Crippen molar-refractivity contribution in [2.45, 2.75) is 58.1 Å². The van der Waals surface area contributed by atoms with E-state index in [1.54, 1.807) is 4.68 Å². The van der Waals surface area contributed by atoms with Crippen molar-refractivity contribution < 1.29 is 4.74 Å². The summed E-state index contributed by atoms with van der Waals surface area (Å²) >= 11 is 3.48. The second kappa shape index (κ2) is 6.32. The van der Waals surface area contributed by atoms with Crippen LogP contribution in [0.1, 0.15) is 58.2 Å². The van der Waals surface area contributed by atoms with E-state index in [-0.39, 0.29) is 11.6 Å². The van der Waals surface area contributed by atoms with E-state index in [0.29, 0.717) is 12.0 Å². The first kappa shape index (κ1) is 16.9. The molecular weight excluding hydrogens is 334 g/mol. The van der Waals surface area contributed by atoms with E-state index in [1.165, 1.54) is 0 Å². The summed E-state index contributed by atoms with van der Waals surface area (Å²) in [5, 5.41) is 8.15. The van der Waals surface area contributed by atoms with Crippen LogP contribution in [-0.2, 0) is 11.8 Å². The number of rotatable bonds is 5. The predicted molar refractivity (Wildman–Crippen MR) is 85.4 cm³/mol. The van der Waals surface area contributed by atoms with Gasteiger partial charge >= 0.3 is 0 Å². The molecule has 0 aromatic carbocycles. The molecule has 0 bridgehead atoms. The summed E-state index contributed by atoms with van der Waals surface area (Å²) in [6.45, 7) is 7.33. The van der Waals surface area contributed by atoms with Gasteiger partial charge in [-0.25, -0.2) is 10.1 Å². The minimum atomic E-state index is -0.309. The van der Waals surface area contributed by atoms with E-state index in [2.05, 4.69) is 45.5 Å². The Labute approximate surface area is 134 Å². The molecule has 120 valence electrons. The topological polar surface area (TPSA) is 78.0 Å². The molecule has 1 aliphatic rings. The fourth-order valence-electron chi connectivity index (χ4n) is 3.28. The number of hydrogen-bond acceptors (Lipinski definition) is 5. The number of nitrogens with two attached hydrogens (primary N) is 1. The largest absolute Gasteiger partial charge is 0.373 e. The van der Waals surface area contributed by atoms with E-state index in [1.807, 2.05) is 14.0 Å². The number of hydrazine groups is 1. The molecule has 1 aromatic rings. The summed E-state index contributed by atoms with van der Waals surface area (Å²) in [5.41, 5.74) is 3.94. The quantitative estimate of drug-likeness (QED) is 0.623. The van der Waals surface area contributed by atoms with Crippen LogP contribution >= 0.6 is 15.9 Å². The van der Waals surface area contributed by atoms with Gasteiger partial charge < -0.3 is 4.74 Å². The molecule has 0 radical (unpaired) electrons. The molecule has 3 N–H and O–H groups in total. The molecule has 21 heavy (non-hydrogen) atoms. The fraction of sp³-hybridized carbons (Fsp3) is 0.857. The number of nitrogens with one attached hydrogen (secondary N) is 1. The predicted octanol–water partition coefficient (Wildman–Crippen LogP) is 2.46. The molecule has 0 saturated heterocycles. The molecule has 2 rings (SSSR count). The third-order valence-corrected chi connectivity index (χ3v) is 5.24. The van der Waals surface area contributed by atoms with Crippen LogP contribution in [0.4, 0.5) is 0 Å². The van der Waals surface area contributed by atoms with Crippen molar-refractivity contribution in [3.05, 3.63) is 10.3 Å². The maximum Gasteiger partial charge on any atom is 0.153 e. The standard InChI is InChI=1S/C14H26BrN5O/c1-5-21-14(8-6-13(2,3)7-9-14)11(17-16)10-12(15)18-19-20(10)4/h11,17H,5-9,16H2,1-4H3. The van der Waals surface area contributed by atoms with Gasteiger partial charge in [-0.05, 0) is 54.0 Å². The monoisotopic (exact) mass is 359 g/mol. The van der Waals surface area contributed by atoms with E-state index < -0.39 is 0 Å². The maximum absolute atomic E-state index is 6.22. The Balaban J connectivity index is 2.36. The molecule has 1 heterocycles. The Morgan fingerprint density at radius 1 is 1.38 bits per heavy atom. The summed E-state index contributed by atoms with van der Waals surface area (Å²) in [6, 6.07) is -0.136. The van der Waals surface area contributed by atoms with Crippen molar-refractivity contribution in [1.29, 1.82) is 0 Å². The minimum absolute atomic E-state index is 0.136. The molecule has 0 amide bonds. The van der Waals surface area contributed by atoms with Crippen LogP contribution in [0.15, 0.2) is 4.60 Å². The lowest BCUT2D eigenvalue weighted by Crippen LogP contribution is -2.52. The number of ether oxygens (including phenoxy) is 1. The van der Waals surface area contributed by atoms with Crippen molar-refractivity contribution in [3.8, 4) is 0 Å². The smallest absolute Gasteiger partial charge is 0.153 e. The molecule has 1 unspecified atom stereocenters. The summed E-state index contributed by atoms with van der Waals surface area (Å²) in [7, 11) is 1.88. The molecular formula is C14H26BrN5O. The Morgan fingerprint density at radius 2 is 2.00 bits per heavy atom. The summed E-state index contributed by atoms with van der Waals surface area (Å²) < 4.78 is 8.70. The van der Waals surface area contributed by atoms with Crippen molar-refractivity contribution in [2.75, 3.05) is 6.61 Å². The van der Waals surface area contributed by atoms with Gasteiger partial charge in [0, 0.05) is 13.7 Å².